The summed E-state index contributed by atoms with van der Waals surface area (Å²) in [5, 5.41) is 3.79. The minimum atomic E-state index is -0.269. The van der Waals surface area contributed by atoms with Gasteiger partial charge in [0.1, 0.15) is 22.0 Å². The van der Waals surface area contributed by atoms with Crippen LogP contribution in [0.3, 0.4) is 0 Å². The molecule has 0 aliphatic rings. The number of ether oxygens (including phenoxy) is 2. The molecule has 2 aromatic heterocycles. The van der Waals surface area contributed by atoms with Crippen LogP contribution in [0.25, 0.3) is 20.8 Å². The van der Waals surface area contributed by atoms with E-state index >= 15 is 0 Å². The van der Waals surface area contributed by atoms with Crippen LogP contribution in [0.2, 0.25) is 0 Å². The molecule has 6 nitrogen and oxygen atoms in total. The second-order valence-corrected chi connectivity index (χ2v) is 6.96. The number of anilines is 1. The molecule has 1 N–H and O–H groups in total. The van der Waals surface area contributed by atoms with Gasteiger partial charge in [-0.15, -0.1) is 11.3 Å². The van der Waals surface area contributed by atoms with Crippen LogP contribution in [-0.2, 0) is 0 Å². The zero-order valence-corrected chi connectivity index (χ0v) is 16.1. The highest BCUT2D eigenvalue weighted by Gasteiger charge is 2.17. The fraction of sp³-hybridized carbons (Fsp3) is 0.0952. The number of aromatic nitrogens is 2. The van der Waals surface area contributed by atoms with Crippen molar-refractivity contribution in [3.8, 4) is 22.1 Å². The quantitative estimate of drug-likeness (QED) is 0.537. The molecular formula is C21H17N3O3S. The molecule has 28 heavy (non-hydrogen) atoms. The van der Waals surface area contributed by atoms with Crippen molar-refractivity contribution in [2.45, 2.75) is 0 Å². The number of benzene rings is 2. The number of amides is 1. The molecule has 0 aliphatic heterocycles. The monoisotopic (exact) mass is 391 g/mol. The molecule has 4 rings (SSSR count). The van der Waals surface area contributed by atoms with E-state index in [2.05, 4.69) is 15.3 Å². The molecule has 0 aliphatic carbocycles. The van der Waals surface area contributed by atoms with Gasteiger partial charge in [0.2, 0.25) is 0 Å². The molecule has 0 saturated carbocycles. The number of nitrogens with one attached hydrogen (secondary N) is 1. The summed E-state index contributed by atoms with van der Waals surface area (Å²) in [4.78, 5) is 21.6. The Labute approximate surface area is 165 Å². The molecule has 0 radical (unpaired) electrons. The maximum Gasteiger partial charge on any atom is 0.259 e. The molecule has 4 aromatic rings. The van der Waals surface area contributed by atoms with Crippen molar-refractivity contribution >= 4 is 33.1 Å². The van der Waals surface area contributed by atoms with Crippen molar-refractivity contribution in [3.05, 3.63) is 66.5 Å². The molecule has 1 amide bonds. The number of hydrogen-bond donors (Lipinski definition) is 1. The van der Waals surface area contributed by atoms with Gasteiger partial charge in [-0.2, -0.15) is 0 Å². The fourth-order valence-corrected chi connectivity index (χ4v) is 3.82. The Balaban J connectivity index is 1.69. The number of hydrogen-bond acceptors (Lipinski definition) is 6. The highest BCUT2D eigenvalue weighted by Crippen LogP contribution is 2.34. The number of fused-ring (bicyclic) bond motifs is 1. The second-order valence-electron chi connectivity index (χ2n) is 5.93. The number of methoxy groups -OCH3 is 2. The van der Waals surface area contributed by atoms with E-state index in [1.165, 1.54) is 7.11 Å². The number of carbonyl (C=O) groups excluding carboxylic acids is 1. The summed E-state index contributed by atoms with van der Waals surface area (Å²) < 4.78 is 11.6. The summed E-state index contributed by atoms with van der Waals surface area (Å²) in [6.07, 6.45) is 3.48. The first-order valence-electron chi connectivity index (χ1n) is 8.53. The maximum atomic E-state index is 12.9. The van der Waals surface area contributed by atoms with Crippen molar-refractivity contribution < 1.29 is 14.3 Å². The van der Waals surface area contributed by atoms with Crippen LogP contribution in [0.15, 0.2) is 60.9 Å². The van der Waals surface area contributed by atoms with Gasteiger partial charge in [-0.05, 0) is 30.3 Å². The third-order valence-electron chi connectivity index (χ3n) is 4.25. The van der Waals surface area contributed by atoms with Crippen molar-refractivity contribution in [2.24, 2.45) is 0 Å². The smallest absolute Gasteiger partial charge is 0.259 e. The van der Waals surface area contributed by atoms with Crippen LogP contribution >= 0.6 is 11.3 Å². The van der Waals surface area contributed by atoms with Gasteiger partial charge in [0, 0.05) is 17.8 Å². The number of carbonyl (C=O) groups is 1. The van der Waals surface area contributed by atoms with Crippen LogP contribution in [0, 0.1) is 0 Å². The Hall–Kier alpha value is -3.45. The standard InChI is InChI=1S/C21H17N3O3S/c1-26-13-7-8-15(18(11-13)27-2)20(25)23-16-6-4-3-5-14(16)21-24-17-12-22-10-9-19(17)28-21/h3-12H,1-2H3,(H,23,25). The molecule has 0 unspecified atom stereocenters. The fourth-order valence-electron chi connectivity index (χ4n) is 2.85. The SMILES string of the molecule is COc1ccc(C(=O)Nc2ccccc2-c2nc3cnccc3s2)c(OC)c1. The molecule has 7 heteroatoms. The molecule has 0 bridgehead atoms. The highest BCUT2D eigenvalue weighted by molar-refractivity contribution is 7.21. The third-order valence-corrected chi connectivity index (χ3v) is 5.32. The average molecular weight is 391 g/mol. The minimum absolute atomic E-state index is 0.269. The number of rotatable bonds is 5. The summed E-state index contributed by atoms with van der Waals surface area (Å²) in [5.74, 6) is 0.798. The van der Waals surface area contributed by atoms with E-state index in [0.717, 1.165) is 20.8 Å². The van der Waals surface area contributed by atoms with E-state index in [1.807, 2.05) is 30.3 Å². The third kappa shape index (κ3) is 3.39. The Kier molecular flexibility index (Phi) is 4.90. The van der Waals surface area contributed by atoms with E-state index in [9.17, 15) is 4.79 Å². The average Bonchev–Trinajstić information content (AvgIpc) is 3.17. The Morgan fingerprint density at radius 3 is 2.71 bits per heavy atom. The summed E-state index contributed by atoms with van der Waals surface area (Å²) in [6.45, 7) is 0. The van der Waals surface area contributed by atoms with Crippen LogP contribution in [0.5, 0.6) is 11.5 Å². The minimum Gasteiger partial charge on any atom is -0.497 e. The zero-order valence-electron chi connectivity index (χ0n) is 15.3. The van der Waals surface area contributed by atoms with Gasteiger partial charge in [0.05, 0.1) is 36.4 Å². The molecule has 2 aromatic carbocycles. The summed E-state index contributed by atoms with van der Waals surface area (Å²) in [7, 11) is 3.09. The van der Waals surface area contributed by atoms with Gasteiger partial charge in [0.15, 0.2) is 0 Å². The Morgan fingerprint density at radius 1 is 1.07 bits per heavy atom. The lowest BCUT2D eigenvalue weighted by molar-refractivity contribution is 0.102. The topological polar surface area (TPSA) is 73.3 Å². The van der Waals surface area contributed by atoms with Gasteiger partial charge in [-0.25, -0.2) is 4.98 Å². The molecule has 0 spiro atoms. The van der Waals surface area contributed by atoms with Gasteiger partial charge in [0.25, 0.3) is 5.91 Å². The van der Waals surface area contributed by atoms with Crippen LogP contribution in [0.1, 0.15) is 10.4 Å². The second kappa shape index (κ2) is 7.66. The molecule has 140 valence electrons. The first-order valence-corrected chi connectivity index (χ1v) is 9.34. The maximum absolute atomic E-state index is 12.9. The molecule has 0 saturated heterocycles. The molecule has 0 atom stereocenters. The normalized spacial score (nSPS) is 10.6. The van der Waals surface area contributed by atoms with E-state index in [1.54, 1.807) is 49.0 Å². The lowest BCUT2D eigenvalue weighted by atomic mass is 10.1. The molecule has 0 fully saturated rings. The highest BCUT2D eigenvalue weighted by atomic mass is 32.1. The lowest BCUT2D eigenvalue weighted by Crippen LogP contribution is -2.14. The van der Waals surface area contributed by atoms with Gasteiger partial charge in [-0.3, -0.25) is 9.78 Å². The van der Waals surface area contributed by atoms with Crippen molar-refractivity contribution in [1.82, 2.24) is 9.97 Å². The van der Waals surface area contributed by atoms with E-state index in [4.69, 9.17) is 9.47 Å². The van der Waals surface area contributed by atoms with E-state index in [0.29, 0.717) is 22.7 Å². The number of pyridine rings is 1. The number of para-hydroxylation sites is 1. The van der Waals surface area contributed by atoms with Gasteiger partial charge < -0.3 is 14.8 Å². The predicted octanol–water partition coefficient (Wildman–Crippen LogP) is 4.63. The summed E-state index contributed by atoms with van der Waals surface area (Å²) in [5.41, 5.74) is 2.79. The van der Waals surface area contributed by atoms with Crippen LogP contribution < -0.4 is 14.8 Å². The summed E-state index contributed by atoms with van der Waals surface area (Å²) in [6, 6.07) is 14.6. The zero-order chi connectivity index (χ0) is 19.5. The van der Waals surface area contributed by atoms with Gasteiger partial charge >= 0.3 is 0 Å². The van der Waals surface area contributed by atoms with Crippen LogP contribution in [0.4, 0.5) is 5.69 Å². The lowest BCUT2D eigenvalue weighted by Gasteiger charge is -2.12. The van der Waals surface area contributed by atoms with Crippen molar-refractivity contribution in [1.29, 1.82) is 0 Å². The van der Waals surface area contributed by atoms with E-state index in [-0.39, 0.29) is 5.91 Å². The Bertz CT molecular complexity index is 1120. The van der Waals surface area contributed by atoms with Crippen molar-refractivity contribution in [2.75, 3.05) is 19.5 Å². The molecule has 2 heterocycles. The largest absolute Gasteiger partial charge is 0.497 e. The van der Waals surface area contributed by atoms with E-state index < -0.39 is 0 Å². The van der Waals surface area contributed by atoms with Crippen LogP contribution in [-0.4, -0.2) is 30.1 Å². The first-order chi connectivity index (χ1) is 13.7. The van der Waals surface area contributed by atoms with Gasteiger partial charge in [-0.1, -0.05) is 12.1 Å². The predicted molar refractivity (Wildman–Crippen MR) is 110 cm³/mol. The summed E-state index contributed by atoms with van der Waals surface area (Å²) >= 11 is 1.56. The number of nitrogens with zero attached hydrogens (tertiary/aromatic N) is 2. The Morgan fingerprint density at radius 2 is 1.93 bits per heavy atom. The van der Waals surface area contributed by atoms with Crippen molar-refractivity contribution in [3.63, 3.8) is 0 Å². The number of thiazole rings is 1. The molecular weight excluding hydrogens is 374 g/mol. The first kappa shape index (κ1) is 17.9.